The molecular formula is C16H22N4O4. The van der Waals surface area contributed by atoms with Crippen LogP contribution in [0.1, 0.15) is 18.9 Å². The molecule has 0 aliphatic rings. The highest BCUT2D eigenvalue weighted by Gasteiger charge is 2.21. The maximum Gasteiger partial charge on any atom is 0.243 e. The summed E-state index contributed by atoms with van der Waals surface area (Å²) in [6.07, 6.45) is 0.513. The summed E-state index contributed by atoms with van der Waals surface area (Å²) >= 11 is 0. The van der Waals surface area contributed by atoms with Crippen molar-refractivity contribution < 1.29 is 19.2 Å². The third-order valence-corrected chi connectivity index (χ3v) is 3.14. The van der Waals surface area contributed by atoms with Crippen molar-refractivity contribution in [3.63, 3.8) is 0 Å². The van der Waals surface area contributed by atoms with E-state index in [-0.39, 0.29) is 31.8 Å². The third-order valence-electron chi connectivity index (χ3n) is 3.14. The zero-order valence-corrected chi connectivity index (χ0v) is 13.5. The van der Waals surface area contributed by atoms with Crippen LogP contribution in [0.15, 0.2) is 30.3 Å². The van der Waals surface area contributed by atoms with Gasteiger partial charge in [0.15, 0.2) is 0 Å². The summed E-state index contributed by atoms with van der Waals surface area (Å²) in [5.74, 6) is -1.95. The van der Waals surface area contributed by atoms with Crippen LogP contribution >= 0.6 is 0 Å². The minimum Gasteiger partial charge on any atom is -0.368 e. The molecule has 0 aliphatic heterocycles. The van der Waals surface area contributed by atoms with Gasteiger partial charge in [-0.2, -0.15) is 0 Å². The summed E-state index contributed by atoms with van der Waals surface area (Å²) in [5, 5.41) is 7.35. The number of benzene rings is 1. The van der Waals surface area contributed by atoms with Crippen LogP contribution in [0.2, 0.25) is 0 Å². The van der Waals surface area contributed by atoms with Crippen molar-refractivity contribution in [3.05, 3.63) is 35.9 Å². The van der Waals surface area contributed by atoms with Crippen LogP contribution < -0.4 is 21.7 Å². The minimum absolute atomic E-state index is 0.221. The number of nitrogens with two attached hydrogens (primary N) is 1. The van der Waals surface area contributed by atoms with E-state index in [0.717, 1.165) is 5.56 Å². The molecule has 0 saturated heterocycles. The van der Waals surface area contributed by atoms with Crippen molar-refractivity contribution >= 4 is 23.6 Å². The van der Waals surface area contributed by atoms with Crippen molar-refractivity contribution in [2.75, 3.05) is 13.1 Å². The van der Waals surface area contributed by atoms with Crippen molar-refractivity contribution in [1.29, 1.82) is 0 Å². The van der Waals surface area contributed by atoms with Crippen molar-refractivity contribution in [2.45, 2.75) is 25.8 Å². The Kier molecular flexibility index (Phi) is 7.97. The van der Waals surface area contributed by atoms with Crippen LogP contribution in [0, 0.1) is 0 Å². The summed E-state index contributed by atoms with van der Waals surface area (Å²) < 4.78 is 0. The Morgan fingerprint density at radius 3 is 2.25 bits per heavy atom. The molecule has 0 spiro atoms. The van der Waals surface area contributed by atoms with Crippen molar-refractivity contribution in [1.82, 2.24) is 16.0 Å². The Hall–Kier alpha value is -2.90. The smallest absolute Gasteiger partial charge is 0.243 e. The van der Waals surface area contributed by atoms with Crippen LogP contribution in [0.4, 0.5) is 0 Å². The first-order valence-corrected chi connectivity index (χ1v) is 7.58. The number of amides is 4. The number of rotatable bonds is 9. The molecular weight excluding hydrogens is 312 g/mol. The summed E-state index contributed by atoms with van der Waals surface area (Å²) in [6.45, 7) is 1.14. The van der Waals surface area contributed by atoms with E-state index in [0.29, 0.717) is 0 Å². The highest BCUT2D eigenvalue weighted by atomic mass is 16.2. The van der Waals surface area contributed by atoms with Crippen LogP contribution in [-0.4, -0.2) is 42.8 Å². The van der Waals surface area contributed by atoms with E-state index in [1.807, 2.05) is 30.3 Å². The fourth-order valence-electron chi connectivity index (χ4n) is 1.91. The first-order valence-electron chi connectivity index (χ1n) is 7.58. The lowest BCUT2D eigenvalue weighted by Crippen LogP contribution is -2.51. The van der Waals surface area contributed by atoms with E-state index in [1.54, 1.807) is 6.92 Å². The first kappa shape index (κ1) is 19.1. The summed E-state index contributed by atoms with van der Waals surface area (Å²) in [6, 6.07) is 8.23. The Morgan fingerprint density at radius 1 is 1.00 bits per heavy atom. The summed E-state index contributed by atoms with van der Waals surface area (Å²) in [4.78, 5) is 46.0. The molecule has 0 aromatic heterocycles. The van der Waals surface area contributed by atoms with Crippen LogP contribution in [0.3, 0.4) is 0 Å². The minimum atomic E-state index is -0.877. The van der Waals surface area contributed by atoms with E-state index < -0.39 is 23.8 Å². The van der Waals surface area contributed by atoms with Crippen molar-refractivity contribution in [2.24, 2.45) is 5.73 Å². The molecule has 1 aromatic rings. The molecule has 0 radical (unpaired) electrons. The van der Waals surface area contributed by atoms with Gasteiger partial charge in [-0.1, -0.05) is 37.3 Å². The Balaban J connectivity index is 2.69. The number of primary amides is 1. The van der Waals surface area contributed by atoms with Crippen LogP contribution in [0.25, 0.3) is 0 Å². The molecule has 0 bridgehead atoms. The SMILES string of the molecule is CCC(=O)NCC(=O)N[C@@H](Cc1ccccc1)C(=O)NCC(N)=O. The second-order valence-corrected chi connectivity index (χ2v) is 5.12. The topological polar surface area (TPSA) is 130 Å². The maximum atomic E-state index is 12.2. The normalized spacial score (nSPS) is 11.2. The molecule has 0 unspecified atom stereocenters. The van der Waals surface area contributed by atoms with Gasteiger partial charge in [-0.05, 0) is 5.56 Å². The van der Waals surface area contributed by atoms with E-state index in [9.17, 15) is 19.2 Å². The van der Waals surface area contributed by atoms with Gasteiger partial charge in [-0.25, -0.2) is 0 Å². The lowest BCUT2D eigenvalue weighted by molar-refractivity contribution is -0.130. The van der Waals surface area contributed by atoms with Gasteiger partial charge in [0.05, 0.1) is 13.1 Å². The molecule has 8 nitrogen and oxygen atoms in total. The molecule has 5 N–H and O–H groups in total. The molecule has 1 aromatic carbocycles. The average Bonchev–Trinajstić information content (AvgIpc) is 2.57. The van der Waals surface area contributed by atoms with Gasteiger partial charge in [0.1, 0.15) is 6.04 Å². The Morgan fingerprint density at radius 2 is 1.67 bits per heavy atom. The van der Waals surface area contributed by atoms with Gasteiger partial charge in [-0.15, -0.1) is 0 Å². The number of hydrogen-bond acceptors (Lipinski definition) is 4. The number of hydrogen-bond donors (Lipinski definition) is 4. The van der Waals surface area contributed by atoms with Gasteiger partial charge >= 0.3 is 0 Å². The molecule has 0 fully saturated rings. The predicted octanol–water partition coefficient (Wildman–Crippen LogP) is -1.16. The summed E-state index contributed by atoms with van der Waals surface area (Å²) in [7, 11) is 0. The molecule has 8 heteroatoms. The Labute approximate surface area is 140 Å². The highest BCUT2D eigenvalue weighted by molar-refractivity contribution is 5.91. The number of carbonyl (C=O) groups excluding carboxylic acids is 4. The first-order chi connectivity index (χ1) is 11.4. The van der Waals surface area contributed by atoms with Gasteiger partial charge in [0.2, 0.25) is 23.6 Å². The monoisotopic (exact) mass is 334 g/mol. The average molecular weight is 334 g/mol. The van der Waals surface area contributed by atoms with Crippen LogP contribution in [-0.2, 0) is 25.6 Å². The Bertz CT molecular complexity index is 589. The molecule has 1 atom stereocenters. The van der Waals surface area contributed by atoms with Crippen LogP contribution in [0.5, 0.6) is 0 Å². The lowest BCUT2D eigenvalue weighted by Gasteiger charge is -2.18. The fraction of sp³-hybridized carbons (Fsp3) is 0.375. The maximum absolute atomic E-state index is 12.2. The highest BCUT2D eigenvalue weighted by Crippen LogP contribution is 2.03. The molecule has 0 saturated carbocycles. The second kappa shape index (κ2) is 9.98. The van der Waals surface area contributed by atoms with E-state index in [4.69, 9.17) is 5.73 Å². The van der Waals surface area contributed by atoms with E-state index >= 15 is 0 Å². The van der Waals surface area contributed by atoms with Gasteiger partial charge in [-0.3, -0.25) is 19.2 Å². The van der Waals surface area contributed by atoms with E-state index in [1.165, 1.54) is 0 Å². The standard InChI is InChI=1S/C16H22N4O4/c1-2-14(22)18-10-15(23)20-12(16(24)19-9-13(17)21)8-11-6-4-3-5-7-11/h3-7,12H,2,8-10H2,1H3,(H2,17,21)(H,18,22)(H,19,24)(H,20,23)/t12-/m0/s1. The zero-order chi connectivity index (χ0) is 17.9. The van der Waals surface area contributed by atoms with Gasteiger partial charge in [0, 0.05) is 12.8 Å². The third kappa shape index (κ3) is 7.39. The molecule has 0 heterocycles. The van der Waals surface area contributed by atoms with Crippen molar-refractivity contribution in [3.8, 4) is 0 Å². The summed E-state index contributed by atoms with van der Waals surface area (Å²) in [5.41, 5.74) is 5.84. The molecule has 4 amide bonds. The molecule has 1 rings (SSSR count). The molecule has 24 heavy (non-hydrogen) atoms. The van der Waals surface area contributed by atoms with Gasteiger partial charge in [0.25, 0.3) is 0 Å². The quantitative estimate of drug-likeness (QED) is 0.454. The zero-order valence-electron chi connectivity index (χ0n) is 13.5. The fourth-order valence-corrected chi connectivity index (χ4v) is 1.91. The second-order valence-electron chi connectivity index (χ2n) is 5.12. The lowest BCUT2D eigenvalue weighted by atomic mass is 10.1. The molecule has 130 valence electrons. The largest absolute Gasteiger partial charge is 0.368 e. The number of carbonyl (C=O) groups is 4. The number of nitrogens with one attached hydrogen (secondary N) is 3. The molecule has 0 aliphatic carbocycles. The van der Waals surface area contributed by atoms with E-state index in [2.05, 4.69) is 16.0 Å². The predicted molar refractivity (Wildman–Crippen MR) is 87.6 cm³/mol. The van der Waals surface area contributed by atoms with Gasteiger partial charge < -0.3 is 21.7 Å².